The van der Waals surface area contributed by atoms with E-state index in [0.717, 1.165) is 0 Å². The molecule has 0 fully saturated rings. The second-order valence-corrected chi connectivity index (χ2v) is 5.69. The van der Waals surface area contributed by atoms with Crippen LogP contribution in [0.4, 0.5) is 0 Å². The Morgan fingerprint density at radius 2 is 2.00 bits per heavy atom. The number of carbonyl (C=O) groups is 1. The standard InChI is InChI=1S/C17H20N6O3/c1-10(16-19-11(2)20-23-16)18-17(24)13-8-12(21-22-13)9-26-15-7-5-4-6-14(15)25-3/h4-8,10H,9H2,1-3H3,(H,18,24)(H,21,22)(H,19,20,23)/t10-/m0/s1. The van der Waals surface area contributed by atoms with Crippen molar-refractivity contribution < 1.29 is 14.3 Å². The lowest BCUT2D eigenvalue weighted by Gasteiger charge is -2.09. The van der Waals surface area contributed by atoms with Crippen molar-refractivity contribution >= 4 is 5.91 Å². The minimum Gasteiger partial charge on any atom is -0.493 e. The molecule has 1 aromatic carbocycles. The van der Waals surface area contributed by atoms with Gasteiger partial charge in [0.05, 0.1) is 18.8 Å². The van der Waals surface area contributed by atoms with E-state index >= 15 is 0 Å². The van der Waals surface area contributed by atoms with Crippen LogP contribution in [0.15, 0.2) is 30.3 Å². The number of carbonyl (C=O) groups excluding carboxylic acids is 1. The lowest BCUT2D eigenvalue weighted by atomic mass is 10.3. The molecule has 0 aliphatic rings. The largest absolute Gasteiger partial charge is 0.493 e. The summed E-state index contributed by atoms with van der Waals surface area (Å²) in [4.78, 5) is 16.5. The molecule has 1 amide bonds. The number of nitrogens with zero attached hydrogens (tertiary/aromatic N) is 3. The van der Waals surface area contributed by atoms with E-state index in [1.54, 1.807) is 27.0 Å². The summed E-state index contributed by atoms with van der Waals surface area (Å²) in [6.45, 7) is 3.84. The molecule has 26 heavy (non-hydrogen) atoms. The molecule has 0 saturated heterocycles. The molecule has 2 heterocycles. The van der Waals surface area contributed by atoms with Crippen LogP contribution in [-0.2, 0) is 6.61 Å². The topological polar surface area (TPSA) is 118 Å². The molecule has 0 saturated carbocycles. The Morgan fingerprint density at radius 1 is 1.23 bits per heavy atom. The molecule has 0 unspecified atom stereocenters. The summed E-state index contributed by atoms with van der Waals surface area (Å²) < 4.78 is 10.9. The van der Waals surface area contributed by atoms with Gasteiger partial charge in [-0.25, -0.2) is 4.98 Å². The van der Waals surface area contributed by atoms with E-state index < -0.39 is 0 Å². The van der Waals surface area contributed by atoms with Gasteiger partial charge in [-0.3, -0.25) is 15.0 Å². The maximum atomic E-state index is 12.3. The zero-order valence-corrected chi connectivity index (χ0v) is 14.7. The van der Waals surface area contributed by atoms with Crippen LogP contribution in [0, 0.1) is 6.92 Å². The normalized spacial score (nSPS) is 11.8. The Labute approximate surface area is 150 Å². The van der Waals surface area contributed by atoms with Crippen molar-refractivity contribution in [1.29, 1.82) is 0 Å². The van der Waals surface area contributed by atoms with Crippen molar-refractivity contribution in [1.82, 2.24) is 30.7 Å². The molecule has 9 heteroatoms. The van der Waals surface area contributed by atoms with Gasteiger partial charge in [0, 0.05) is 0 Å². The molecule has 2 aromatic heterocycles. The average molecular weight is 356 g/mol. The van der Waals surface area contributed by atoms with Crippen LogP contribution in [0.2, 0.25) is 0 Å². The molecular formula is C17H20N6O3. The second-order valence-electron chi connectivity index (χ2n) is 5.69. The van der Waals surface area contributed by atoms with Gasteiger partial charge in [0.15, 0.2) is 17.3 Å². The third kappa shape index (κ3) is 4.00. The number of nitrogens with one attached hydrogen (secondary N) is 3. The molecule has 0 radical (unpaired) electrons. The minimum atomic E-state index is -0.336. The number of aryl methyl sites for hydroxylation is 1. The second kappa shape index (κ2) is 7.68. The Kier molecular flexibility index (Phi) is 5.16. The molecule has 0 aliphatic carbocycles. The average Bonchev–Trinajstić information content (AvgIpc) is 3.29. The number of aromatic amines is 2. The molecular weight excluding hydrogens is 336 g/mol. The predicted octanol–water partition coefficient (Wildman–Crippen LogP) is 1.91. The van der Waals surface area contributed by atoms with E-state index in [4.69, 9.17) is 9.47 Å². The molecule has 3 rings (SSSR count). The third-order valence-corrected chi connectivity index (χ3v) is 3.67. The minimum absolute atomic E-state index is 0.232. The number of amides is 1. The van der Waals surface area contributed by atoms with Crippen molar-refractivity contribution in [3.63, 3.8) is 0 Å². The first kappa shape index (κ1) is 17.5. The fraction of sp³-hybridized carbons (Fsp3) is 0.294. The van der Waals surface area contributed by atoms with E-state index in [0.29, 0.717) is 28.8 Å². The smallest absolute Gasteiger partial charge is 0.272 e. The molecule has 136 valence electrons. The highest BCUT2D eigenvalue weighted by Crippen LogP contribution is 2.26. The fourth-order valence-electron chi connectivity index (χ4n) is 2.33. The summed E-state index contributed by atoms with van der Waals surface area (Å²) in [6.07, 6.45) is 0. The molecule has 0 aliphatic heterocycles. The van der Waals surface area contributed by atoms with Gasteiger partial charge in [0.25, 0.3) is 5.91 Å². The molecule has 0 spiro atoms. The first-order chi connectivity index (χ1) is 12.6. The number of aromatic nitrogens is 5. The van der Waals surface area contributed by atoms with Gasteiger partial charge < -0.3 is 14.8 Å². The number of ether oxygens (including phenoxy) is 2. The van der Waals surface area contributed by atoms with Gasteiger partial charge in [-0.2, -0.15) is 10.2 Å². The number of H-pyrrole nitrogens is 2. The highest BCUT2D eigenvalue weighted by Gasteiger charge is 2.17. The van der Waals surface area contributed by atoms with Crippen LogP contribution in [0.5, 0.6) is 11.5 Å². The van der Waals surface area contributed by atoms with Gasteiger partial charge in [0.2, 0.25) is 0 Å². The quantitative estimate of drug-likeness (QED) is 0.595. The summed E-state index contributed by atoms with van der Waals surface area (Å²) >= 11 is 0. The Hall–Kier alpha value is -3.36. The molecule has 1 atom stereocenters. The predicted molar refractivity (Wildman–Crippen MR) is 92.9 cm³/mol. The van der Waals surface area contributed by atoms with Crippen LogP contribution in [0.1, 0.15) is 40.8 Å². The van der Waals surface area contributed by atoms with E-state index in [-0.39, 0.29) is 24.2 Å². The van der Waals surface area contributed by atoms with Crippen molar-refractivity contribution in [2.75, 3.05) is 7.11 Å². The van der Waals surface area contributed by atoms with Gasteiger partial charge in [-0.1, -0.05) is 12.1 Å². The fourth-order valence-corrected chi connectivity index (χ4v) is 2.33. The summed E-state index contributed by atoms with van der Waals surface area (Å²) in [6, 6.07) is 8.64. The van der Waals surface area contributed by atoms with Crippen LogP contribution < -0.4 is 14.8 Å². The molecule has 3 aromatic rings. The van der Waals surface area contributed by atoms with Gasteiger partial charge in [-0.05, 0) is 32.0 Å². The maximum Gasteiger partial charge on any atom is 0.272 e. The number of hydrogen-bond acceptors (Lipinski definition) is 6. The first-order valence-electron chi connectivity index (χ1n) is 8.06. The summed E-state index contributed by atoms with van der Waals surface area (Å²) in [5, 5.41) is 16.4. The summed E-state index contributed by atoms with van der Waals surface area (Å²) in [5.41, 5.74) is 0.935. The summed E-state index contributed by atoms with van der Waals surface area (Å²) in [5.74, 6) is 2.15. The van der Waals surface area contributed by atoms with Crippen LogP contribution in [0.3, 0.4) is 0 Å². The highest BCUT2D eigenvalue weighted by molar-refractivity contribution is 5.92. The van der Waals surface area contributed by atoms with E-state index in [2.05, 4.69) is 30.7 Å². The lowest BCUT2D eigenvalue weighted by molar-refractivity contribution is 0.0933. The third-order valence-electron chi connectivity index (χ3n) is 3.67. The Balaban J connectivity index is 1.59. The molecule has 0 bridgehead atoms. The first-order valence-corrected chi connectivity index (χ1v) is 8.06. The monoisotopic (exact) mass is 356 g/mol. The van der Waals surface area contributed by atoms with Crippen molar-refractivity contribution in [2.45, 2.75) is 26.5 Å². The summed E-state index contributed by atoms with van der Waals surface area (Å²) in [7, 11) is 1.58. The Morgan fingerprint density at radius 3 is 2.69 bits per heavy atom. The van der Waals surface area contributed by atoms with Crippen LogP contribution >= 0.6 is 0 Å². The number of hydrogen-bond donors (Lipinski definition) is 3. The number of para-hydroxylation sites is 2. The molecule has 3 N–H and O–H groups in total. The Bertz CT molecular complexity index is 888. The van der Waals surface area contributed by atoms with Crippen LogP contribution in [-0.4, -0.2) is 38.4 Å². The van der Waals surface area contributed by atoms with Crippen molar-refractivity contribution in [3.05, 3.63) is 53.4 Å². The highest BCUT2D eigenvalue weighted by atomic mass is 16.5. The van der Waals surface area contributed by atoms with Gasteiger partial charge in [-0.15, -0.1) is 0 Å². The van der Waals surface area contributed by atoms with E-state index in [9.17, 15) is 4.79 Å². The van der Waals surface area contributed by atoms with E-state index in [1.165, 1.54) is 0 Å². The van der Waals surface area contributed by atoms with Gasteiger partial charge >= 0.3 is 0 Å². The number of benzene rings is 1. The van der Waals surface area contributed by atoms with Crippen LogP contribution in [0.25, 0.3) is 0 Å². The van der Waals surface area contributed by atoms with E-state index in [1.807, 2.05) is 24.3 Å². The molecule has 9 nitrogen and oxygen atoms in total. The van der Waals surface area contributed by atoms with Gasteiger partial charge in [0.1, 0.15) is 18.1 Å². The SMILES string of the molecule is COc1ccccc1OCc1cc(C(=O)N[C@@H](C)c2n[nH]c(C)n2)n[nH]1. The maximum absolute atomic E-state index is 12.3. The lowest BCUT2D eigenvalue weighted by Crippen LogP contribution is -2.27. The zero-order chi connectivity index (χ0) is 18.5. The number of rotatable bonds is 7. The number of methoxy groups -OCH3 is 1. The zero-order valence-electron chi connectivity index (χ0n) is 14.7. The van der Waals surface area contributed by atoms with Crippen molar-refractivity contribution in [3.8, 4) is 11.5 Å². The van der Waals surface area contributed by atoms with Crippen molar-refractivity contribution in [2.24, 2.45) is 0 Å².